The molecule has 0 aliphatic heterocycles. The zero-order chi connectivity index (χ0) is 22.1. The van der Waals surface area contributed by atoms with E-state index in [0.717, 1.165) is 0 Å². The summed E-state index contributed by atoms with van der Waals surface area (Å²) in [6.45, 7) is 12.6. The van der Waals surface area contributed by atoms with Crippen molar-refractivity contribution in [2.24, 2.45) is 4.99 Å². The lowest BCUT2D eigenvalue weighted by molar-refractivity contribution is 0.0476. The third-order valence-corrected chi connectivity index (χ3v) is 6.14. The molecule has 4 N–H and O–H groups in total. The van der Waals surface area contributed by atoms with Crippen LogP contribution in [-0.4, -0.2) is 57.8 Å². The van der Waals surface area contributed by atoms with E-state index in [9.17, 15) is 13.2 Å². The van der Waals surface area contributed by atoms with Gasteiger partial charge >= 0.3 is 6.09 Å². The van der Waals surface area contributed by atoms with Crippen molar-refractivity contribution >= 4 is 33.4 Å². The SMILES string of the molecule is CCNC(=NCC(C)(C)NC(=O)OC(C)(C)C)NCCNS(=O)(=O)c1cccs1. The number of amides is 1. The first kappa shape index (κ1) is 25.2. The number of hydrogen-bond acceptors (Lipinski definition) is 6. The second kappa shape index (κ2) is 10.8. The third-order valence-electron chi connectivity index (χ3n) is 3.29. The van der Waals surface area contributed by atoms with E-state index < -0.39 is 27.3 Å². The molecule has 1 heterocycles. The molecular formula is C18H33N5O4S2. The van der Waals surface area contributed by atoms with Crippen LogP contribution in [0.15, 0.2) is 26.7 Å². The number of carbonyl (C=O) groups excluding carboxylic acids is 1. The zero-order valence-electron chi connectivity index (χ0n) is 18.0. The van der Waals surface area contributed by atoms with Gasteiger partial charge < -0.3 is 20.7 Å². The molecule has 11 heteroatoms. The second-order valence-electron chi connectivity index (χ2n) is 7.96. The van der Waals surface area contributed by atoms with Crippen molar-refractivity contribution in [1.29, 1.82) is 0 Å². The monoisotopic (exact) mass is 447 g/mol. The highest BCUT2D eigenvalue weighted by molar-refractivity contribution is 7.91. The van der Waals surface area contributed by atoms with Crippen molar-refractivity contribution in [2.75, 3.05) is 26.2 Å². The van der Waals surface area contributed by atoms with Crippen molar-refractivity contribution in [2.45, 2.75) is 56.9 Å². The Balaban J connectivity index is 2.54. The summed E-state index contributed by atoms with van der Waals surface area (Å²) < 4.78 is 32.3. The molecule has 1 amide bonds. The van der Waals surface area contributed by atoms with Gasteiger partial charge in [-0.05, 0) is 53.0 Å². The Kier molecular flexibility index (Phi) is 9.37. The lowest BCUT2D eigenvalue weighted by Gasteiger charge is -2.27. The standard InChI is InChI=1S/C18H33N5O4S2/c1-7-19-15(20-10-11-22-29(25,26)14-9-8-12-28-14)21-13-18(5,6)23-16(24)27-17(2,3)4/h8-9,12,22H,7,10-11,13H2,1-6H3,(H,23,24)(H2,19,20,21). The molecule has 0 bridgehead atoms. The summed E-state index contributed by atoms with van der Waals surface area (Å²) in [5.41, 5.74) is -1.19. The van der Waals surface area contributed by atoms with Crippen LogP contribution in [0.1, 0.15) is 41.5 Å². The van der Waals surface area contributed by atoms with Gasteiger partial charge in [-0.25, -0.2) is 17.9 Å². The predicted molar refractivity (Wildman–Crippen MR) is 117 cm³/mol. The topological polar surface area (TPSA) is 121 Å². The van der Waals surface area contributed by atoms with Gasteiger partial charge in [0.1, 0.15) is 9.81 Å². The Labute approximate surface area is 177 Å². The number of alkyl carbamates (subject to hydrolysis) is 1. The summed E-state index contributed by atoms with van der Waals surface area (Å²) in [6.07, 6.45) is -0.501. The fourth-order valence-electron chi connectivity index (χ4n) is 2.09. The molecular weight excluding hydrogens is 414 g/mol. The Morgan fingerprint density at radius 3 is 2.41 bits per heavy atom. The molecule has 0 atom stereocenters. The predicted octanol–water partition coefficient (Wildman–Crippen LogP) is 1.88. The van der Waals surface area contributed by atoms with E-state index in [2.05, 4.69) is 25.7 Å². The van der Waals surface area contributed by atoms with Crippen LogP contribution < -0.4 is 20.7 Å². The maximum absolute atomic E-state index is 12.1. The van der Waals surface area contributed by atoms with Gasteiger partial charge in [-0.2, -0.15) is 0 Å². The van der Waals surface area contributed by atoms with Crippen molar-refractivity contribution in [3.63, 3.8) is 0 Å². The summed E-state index contributed by atoms with van der Waals surface area (Å²) in [7, 11) is -3.48. The number of rotatable bonds is 9. The van der Waals surface area contributed by atoms with E-state index in [-0.39, 0.29) is 10.8 Å². The summed E-state index contributed by atoms with van der Waals surface area (Å²) in [4.78, 5) is 16.4. The Morgan fingerprint density at radius 1 is 1.17 bits per heavy atom. The van der Waals surface area contributed by atoms with Gasteiger partial charge in [-0.3, -0.25) is 4.99 Å². The molecule has 1 aromatic rings. The highest BCUT2D eigenvalue weighted by Crippen LogP contribution is 2.14. The number of nitrogens with zero attached hydrogens (tertiary/aromatic N) is 1. The number of hydrogen-bond donors (Lipinski definition) is 4. The quantitative estimate of drug-likeness (QED) is 0.261. The third kappa shape index (κ3) is 10.5. The maximum Gasteiger partial charge on any atom is 0.408 e. The van der Waals surface area contributed by atoms with E-state index in [0.29, 0.717) is 25.6 Å². The van der Waals surface area contributed by atoms with E-state index in [1.54, 1.807) is 38.3 Å². The maximum atomic E-state index is 12.1. The van der Waals surface area contributed by atoms with Gasteiger partial charge in [0.05, 0.1) is 12.1 Å². The van der Waals surface area contributed by atoms with Gasteiger partial charge in [-0.15, -0.1) is 11.3 Å². The van der Waals surface area contributed by atoms with Crippen LogP contribution in [0.2, 0.25) is 0 Å². The Bertz CT molecular complexity index is 769. The largest absolute Gasteiger partial charge is 0.444 e. The molecule has 9 nitrogen and oxygen atoms in total. The van der Waals surface area contributed by atoms with Crippen LogP contribution in [0.5, 0.6) is 0 Å². The van der Waals surface area contributed by atoms with E-state index in [1.807, 2.05) is 20.8 Å². The van der Waals surface area contributed by atoms with E-state index in [4.69, 9.17) is 4.74 Å². The van der Waals surface area contributed by atoms with Crippen molar-refractivity contribution in [1.82, 2.24) is 20.7 Å². The normalized spacial score (nSPS) is 13.1. The van der Waals surface area contributed by atoms with Crippen molar-refractivity contribution in [3.05, 3.63) is 17.5 Å². The number of thiophene rings is 1. The molecule has 0 fully saturated rings. The first-order valence-electron chi connectivity index (χ1n) is 9.41. The molecule has 29 heavy (non-hydrogen) atoms. The fraction of sp³-hybridized carbons (Fsp3) is 0.667. The van der Waals surface area contributed by atoms with Crippen LogP contribution >= 0.6 is 11.3 Å². The van der Waals surface area contributed by atoms with Crippen molar-refractivity contribution < 1.29 is 17.9 Å². The summed E-state index contributed by atoms with van der Waals surface area (Å²) in [5.74, 6) is 0.530. The molecule has 0 radical (unpaired) electrons. The lowest BCUT2D eigenvalue weighted by atomic mass is 10.1. The Morgan fingerprint density at radius 2 is 1.86 bits per heavy atom. The van der Waals surface area contributed by atoms with E-state index >= 15 is 0 Å². The first-order valence-corrected chi connectivity index (χ1v) is 11.8. The van der Waals surface area contributed by atoms with E-state index in [1.165, 1.54) is 11.3 Å². The number of sulfonamides is 1. The molecule has 0 aliphatic rings. The molecule has 0 saturated heterocycles. The first-order chi connectivity index (χ1) is 13.3. The number of aliphatic imine (C=N–C) groups is 1. The van der Waals surface area contributed by atoms with Gasteiger partial charge in [0, 0.05) is 19.6 Å². The molecule has 166 valence electrons. The van der Waals surface area contributed by atoms with Crippen LogP contribution in [0.3, 0.4) is 0 Å². The average molecular weight is 448 g/mol. The second-order valence-corrected chi connectivity index (χ2v) is 10.9. The number of ether oxygens (including phenoxy) is 1. The van der Waals surface area contributed by atoms with Gasteiger partial charge in [-0.1, -0.05) is 6.07 Å². The van der Waals surface area contributed by atoms with Crippen LogP contribution in [0.4, 0.5) is 4.79 Å². The number of nitrogens with one attached hydrogen (secondary N) is 4. The summed E-state index contributed by atoms with van der Waals surface area (Å²) >= 11 is 1.17. The lowest BCUT2D eigenvalue weighted by Crippen LogP contribution is -2.49. The smallest absolute Gasteiger partial charge is 0.408 e. The number of carbonyl (C=O) groups is 1. The molecule has 0 unspecified atom stereocenters. The molecule has 1 aromatic heterocycles. The average Bonchev–Trinajstić information content (AvgIpc) is 3.09. The summed E-state index contributed by atoms with van der Waals surface area (Å²) in [6, 6.07) is 3.26. The van der Waals surface area contributed by atoms with Gasteiger partial charge in [0.25, 0.3) is 0 Å². The highest BCUT2D eigenvalue weighted by atomic mass is 32.2. The molecule has 0 aromatic carbocycles. The van der Waals surface area contributed by atoms with Crippen LogP contribution in [0, 0.1) is 0 Å². The van der Waals surface area contributed by atoms with Crippen LogP contribution in [-0.2, 0) is 14.8 Å². The van der Waals surface area contributed by atoms with Crippen molar-refractivity contribution in [3.8, 4) is 0 Å². The van der Waals surface area contributed by atoms with Gasteiger partial charge in [0.15, 0.2) is 5.96 Å². The van der Waals surface area contributed by atoms with Crippen LogP contribution in [0.25, 0.3) is 0 Å². The summed E-state index contributed by atoms with van der Waals surface area (Å²) in [5, 5.41) is 10.7. The fourth-order valence-corrected chi connectivity index (χ4v) is 4.16. The number of guanidine groups is 1. The minimum Gasteiger partial charge on any atom is -0.444 e. The minimum atomic E-state index is -3.48. The van der Waals surface area contributed by atoms with Gasteiger partial charge in [0.2, 0.25) is 10.0 Å². The molecule has 0 saturated carbocycles. The Hall–Kier alpha value is -1.85. The zero-order valence-corrected chi connectivity index (χ0v) is 19.6. The molecule has 0 spiro atoms. The molecule has 1 rings (SSSR count). The molecule has 0 aliphatic carbocycles. The highest BCUT2D eigenvalue weighted by Gasteiger charge is 2.24. The minimum absolute atomic E-state index is 0.212.